The molecule has 2 heterocycles. The van der Waals surface area contributed by atoms with Gasteiger partial charge in [0, 0.05) is 22.4 Å². The van der Waals surface area contributed by atoms with Gasteiger partial charge in [0.2, 0.25) is 5.69 Å². The van der Waals surface area contributed by atoms with Crippen LogP contribution in [0.2, 0.25) is 0 Å². The second-order valence-corrected chi connectivity index (χ2v) is 8.51. The van der Waals surface area contributed by atoms with Crippen LogP contribution in [0.25, 0.3) is 44.3 Å². The molecule has 0 aliphatic carbocycles. The fraction of sp³-hybridized carbons (Fsp3) is 0.179. The van der Waals surface area contributed by atoms with Gasteiger partial charge in [-0.2, -0.15) is 0 Å². The molecule has 0 fully saturated rings. The van der Waals surface area contributed by atoms with Gasteiger partial charge in [0.25, 0.3) is 0 Å². The highest BCUT2D eigenvalue weighted by Crippen LogP contribution is 2.41. The Labute approximate surface area is 181 Å². The third-order valence-electron chi connectivity index (χ3n) is 6.11. The Hall–Kier alpha value is -3.46. The average Bonchev–Trinajstić information content (AvgIpc) is 3.13. The summed E-state index contributed by atoms with van der Waals surface area (Å²) in [6.45, 7) is 6.48. The number of aromatic nitrogens is 1. The fourth-order valence-corrected chi connectivity index (χ4v) is 4.40. The highest BCUT2D eigenvalue weighted by Gasteiger charge is 2.23. The lowest BCUT2D eigenvalue weighted by molar-refractivity contribution is -0.660. The summed E-state index contributed by atoms with van der Waals surface area (Å²) in [6.07, 6.45) is 2.18. The lowest BCUT2D eigenvalue weighted by Crippen LogP contribution is -2.31. The Bertz CT molecular complexity index is 1430. The Morgan fingerprint density at radius 2 is 1.48 bits per heavy atom. The molecule has 0 bridgehead atoms. The minimum atomic E-state index is -0.275. The monoisotopic (exact) mass is 410 g/mol. The standard InChI is InChI=1S/C28H25FNO/c1-17(2)20-11-15-24(30(4)16-20)25-18(3)10-12-21-22-13-14-23(29)26(28(22)31-27(21)25)19-8-6-5-7-9-19/h5-17H,1-4H3/q+1. The zero-order valence-corrected chi connectivity index (χ0v) is 18.2. The topological polar surface area (TPSA) is 17.0 Å². The van der Waals surface area contributed by atoms with Gasteiger partial charge in [0.15, 0.2) is 6.20 Å². The van der Waals surface area contributed by atoms with Crippen molar-refractivity contribution in [3.8, 4) is 22.4 Å². The smallest absolute Gasteiger partial charge is 0.216 e. The van der Waals surface area contributed by atoms with Crippen molar-refractivity contribution in [3.63, 3.8) is 0 Å². The molecule has 0 atom stereocenters. The van der Waals surface area contributed by atoms with E-state index in [4.69, 9.17) is 4.42 Å². The van der Waals surface area contributed by atoms with Gasteiger partial charge in [-0.25, -0.2) is 8.96 Å². The first-order chi connectivity index (χ1) is 15.0. The predicted molar refractivity (Wildman–Crippen MR) is 125 cm³/mol. The summed E-state index contributed by atoms with van der Waals surface area (Å²) in [7, 11) is 2.07. The van der Waals surface area contributed by atoms with Gasteiger partial charge in [-0.3, -0.25) is 0 Å². The molecule has 3 heteroatoms. The van der Waals surface area contributed by atoms with E-state index in [9.17, 15) is 4.39 Å². The largest absolute Gasteiger partial charge is 0.454 e. The predicted octanol–water partition coefficient (Wildman–Crippen LogP) is 7.32. The number of halogens is 1. The van der Waals surface area contributed by atoms with Gasteiger partial charge in [-0.05, 0) is 42.2 Å². The van der Waals surface area contributed by atoms with Crippen molar-refractivity contribution in [2.45, 2.75) is 26.7 Å². The van der Waals surface area contributed by atoms with E-state index in [0.29, 0.717) is 17.1 Å². The van der Waals surface area contributed by atoms with Crippen molar-refractivity contribution < 1.29 is 13.4 Å². The second-order valence-electron chi connectivity index (χ2n) is 8.51. The number of hydrogen-bond acceptors (Lipinski definition) is 1. The number of benzene rings is 3. The van der Waals surface area contributed by atoms with Crippen molar-refractivity contribution >= 4 is 21.9 Å². The Morgan fingerprint density at radius 3 is 2.16 bits per heavy atom. The van der Waals surface area contributed by atoms with E-state index in [-0.39, 0.29) is 5.82 Å². The van der Waals surface area contributed by atoms with Crippen LogP contribution in [0.15, 0.2) is 77.3 Å². The molecule has 0 N–H and O–H groups in total. The van der Waals surface area contributed by atoms with Crippen LogP contribution < -0.4 is 4.57 Å². The van der Waals surface area contributed by atoms with Crippen molar-refractivity contribution in [1.29, 1.82) is 0 Å². The molecule has 0 unspecified atom stereocenters. The molecular formula is C28H25FNO+. The third-order valence-corrected chi connectivity index (χ3v) is 6.11. The van der Waals surface area contributed by atoms with Crippen LogP contribution in [0, 0.1) is 12.7 Å². The van der Waals surface area contributed by atoms with Gasteiger partial charge in [0.1, 0.15) is 24.0 Å². The summed E-state index contributed by atoms with van der Waals surface area (Å²) >= 11 is 0. The first-order valence-corrected chi connectivity index (χ1v) is 10.7. The molecule has 2 nitrogen and oxygen atoms in total. The molecule has 154 valence electrons. The summed E-state index contributed by atoms with van der Waals surface area (Å²) in [4.78, 5) is 0. The van der Waals surface area contributed by atoms with Crippen molar-refractivity contribution in [3.05, 3.63) is 89.9 Å². The number of rotatable bonds is 3. The van der Waals surface area contributed by atoms with Crippen LogP contribution in [0.4, 0.5) is 4.39 Å². The number of fused-ring (bicyclic) bond motifs is 3. The van der Waals surface area contributed by atoms with Crippen LogP contribution in [0.3, 0.4) is 0 Å². The maximum absolute atomic E-state index is 15.0. The zero-order valence-electron chi connectivity index (χ0n) is 18.2. The van der Waals surface area contributed by atoms with E-state index < -0.39 is 0 Å². The highest BCUT2D eigenvalue weighted by molar-refractivity contribution is 6.13. The number of hydrogen-bond donors (Lipinski definition) is 0. The Morgan fingerprint density at radius 1 is 0.806 bits per heavy atom. The average molecular weight is 411 g/mol. The van der Waals surface area contributed by atoms with Gasteiger partial charge in [-0.1, -0.05) is 56.3 Å². The van der Waals surface area contributed by atoms with E-state index in [1.165, 1.54) is 11.6 Å². The number of furan rings is 1. The second kappa shape index (κ2) is 7.35. The van der Waals surface area contributed by atoms with E-state index in [1.807, 2.05) is 36.4 Å². The molecule has 0 saturated heterocycles. The quantitative estimate of drug-likeness (QED) is 0.285. The van der Waals surface area contributed by atoms with E-state index in [2.05, 4.69) is 62.8 Å². The molecule has 5 aromatic rings. The van der Waals surface area contributed by atoms with Crippen LogP contribution in [-0.4, -0.2) is 0 Å². The lowest BCUT2D eigenvalue weighted by atomic mass is 9.98. The van der Waals surface area contributed by atoms with Crippen molar-refractivity contribution in [2.75, 3.05) is 0 Å². The van der Waals surface area contributed by atoms with E-state index in [1.54, 1.807) is 0 Å². The maximum atomic E-state index is 15.0. The minimum absolute atomic E-state index is 0.275. The van der Waals surface area contributed by atoms with Gasteiger partial charge in [0.05, 0.1) is 11.1 Å². The number of nitrogens with zero attached hydrogens (tertiary/aromatic N) is 1. The SMILES string of the molecule is Cc1ccc2c(oc3c(-c4ccccc4)c(F)ccc32)c1-c1ccc(C(C)C)c[n+]1C. The number of aryl methyl sites for hydroxylation is 2. The summed E-state index contributed by atoms with van der Waals surface area (Å²) in [5, 5.41) is 1.93. The molecule has 5 rings (SSSR count). The molecule has 0 spiro atoms. The molecule has 0 saturated carbocycles. The van der Waals surface area contributed by atoms with Crippen LogP contribution in [-0.2, 0) is 7.05 Å². The summed E-state index contributed by atoms with van der Waals surface area (Å²) in [6, 6.07) is 21.5. The molecule has 0 radical (unpaired) electrons. The van der Waals surface area contributed by atoms with Gasteiger partial charge >= 0.3 is 0 Å². The molecule has 2 aromatic heterocycles. The Kier molecular flexibility index (Phi) is 4.62. The minimum Gasteiger partial charge on any atom is -0.454 e. The van der Waals surface area contributed by atoms with Crippen LogP contribution in [0.1, 0.15) is 30.9 Å². The maximum Gasteiger partial charge on any atom is 0.216 e. The molecular weight excluding hydrogens is 385 g/mol. The van der Waals surface area contributed by atoms with Gasteiger partial charge < -0.3 is 4.42 Å². The number of pyridine rings is 1. The Balaban J connectivity index is 1.84. The molecule has 0 amide bonds. The van der Waals surface area contributed by atoms with Crippen molar-refractivity contribution in [1.82, 2.24) is 0 Å². The summed E-state index contributed by atoms with van der Waals surface area (Å²) in [5.41, 5.74) is 7.25. The van der Waals surface area contributed by atoms with Gasteiger partial charge in [-0.15, -0.1) is 0 Å². The first-order valence-electron chi connectivity index (χ1n) is 10.7. The lowest BCUT2D eigenvalue weighted by Gasteiger charge is -2.08. The first kappa shape index (κ1) is 19.5. The van der Waals surface area contributed by atoms with Crippen molar-refractivity contribution in [2.24, 2.45) is 7.05 Å². The molecule has 3 aromatic carbocycles. The van der Waals surface area contributed by atoms with Crippen LogP contribution in [0.5, 0.6) is 0 Å². The third kappa shape index (κ3) is 3.12. The zero-order chi connectivity index (χ0) is 21.7. The summed E-state index contributed by atoms with van der Waals surface area (Å²) in [5.74, 6) is 0.183. The molecule has 0 aliphatic heterocycles. The summed E-state index contributed by atoms with van der Waals surface area (Å²) < 4.78 is 23.6. The van der Waals surface area contributed by atoms with E-state index in [0.717, 1.165) is 38.7 Å². The molecule has 31 heavy (non-hydrogen) atoms. The van der Waals surface area contributed by atoms with Crippen LogP contribution >= 0.6 is 0 Å². The van der Waals surface area contributed by atoms with E-state index >= 15 is 0 Å². The highest BCUT2D eigenvalue weighted by atomic mass is 19.1. The molecule has 0 aliphatic rings. The fourth-order valence-electron chi connectivity index (χ4n) is 4.40. The normalized spacial score (nSPS) is 11.7.